The van der Waals surface area contributed by atoms with E-state index in [2.05, 4.69) is 0 Å². The Bertz CT molecular complexity index is 534. The van der Waals surface area contributed by atoms with Gasteiger partial charge in [0.1, 0.15) is 0 Å². The van der Waals surface area contributed by atoms with Gasteiger partial charge in [0.15, 0.2) is 0 Å². The van der Waals surface area contributed by atoms with Crippen molar-refractivity contribution in [2.24, 2.45) is 0 Å². The van der Waals surface area contributed by atoms with E-state index < -0.39 is 0 Å². The highest BCUT2D eigenvalue weighted by atomic mass is 35.5. The summed E-state index contributed by atoms with van der Waals surface area (Å²) in [7, 11) is 0. The van der Waals surface area contributed by atoms with Crippen molar-refractivity contribution in [2.75, 3.05) is 0 Å². The molecule has 18 heavy (non-hydrogen) atoms. The van der Waals surface area contributed by atoms with Crippen LogP contribution in [0.4, 0.5) is 0 Å². The molecule has 0 aliphatic heterocycles. The van der Waals surface area contributed by atoms with Crippen LogP contribution in [0.1, 0.15) is 16.5 Å². The molecule has 0 saturated heterocycles. The molecule has 4 heteroatoms. The molecule has 0 fully saturated rings. The second-order valence-electron chi connectivity index (χ2n) is 3.97. The van der Waals surface area contributed by atoms with Crippen molar-refractivity contribution in [3.8, 4) is 0 Å². The Balaban J connectivity index is 2.13. The zero-order valence-corrected chi connectivity index (χ0v) is 12.4. The summed E-state index contributed by atoms with van der Waals surface area (Å²) in [5.74, 6) is 0. The molecule has 2 aromatic rings. The Hall–Kier alpha value is -0.400. The van der Waals surface area contributed by atoms with Crippen LogP contribution in [-0.4, -0.2) is 0 Å². The Morgan fingerprint density at radius 3 is 2.11 bits per heavy atom. The van der Waals surface area contributed by atoms with Crippen molar-refractivity contribution in [1.29, 1.82) is 0 Å². The number of hydrogen-bond donors (Lipinski definition) is 0. The lowest BCUT2D eigenvalue weighted by Crippen LogP contribution is -1.95. The summed E-state index contributed by atoms with van der Waals surface area (Å²) in [6.07, 6.45) is 0.719. The Morgan fingerprint density at radius 2 is 1.50 bits per heavy atom. The topological polar surface area (TPSA) is 0 Å². The maximum absolute atomic E-state index is 6.37. The molecule has 2 rings (SSSR count). The van der Waals surface area contributed by atoms with E-state index in [-0.39, 0.29) is 5.38 Å². The summed E-state index contributed by atoms with van der Waals surface area (Å²) in [5, 5.41) is 1.65. The van der Waals surface area contributed by atoms with Crippen LogP contribution in [0.25, 0.3) is 0 Å². The minimum atomic E-state index is -0.138. The van der Waals surface area contributed by atoms with Crippen molar-refractivity contribution >= 4 is 46.4 Å². The molecule has 0 N–H and O–H groups in total. The lowest BCUT2D eigenvalue weighted by atomic mass is 10.0. The predicted molar refractivity (Wildman–Crippen MR) is 80.2 cm³/mol. The van der Waals surface area contributed by atoms with Gasteiger partial charge in [0, 0.05) is 5.02 Å². The van der Waals surface area contributed by atoms with Crippen molar-refractivity contribution in [1.82, 2.24) is 0 Å². The molecule has 0 heterocycles. The van der Waals surface area contributed by atoms with Crippen molar-refractivity contribution < 1.29 is 0 Å². The zero-order chi connectivity index (χ0) is 13.1. The van der Waals surface area contributed by atoms with E-state index in [1.54, 1.807) is 12.1 Å². The molecule has 0 bridgehead atoms. The van der Waals surface area contributed by atoms with Gasteiger partial charge in [0.2, 0.25) is 0 Å². The molecule has 0 amide bonds. The van der Waals surface area contributed by atoms with Gasteiger partial charge < -0.3 is 0 Å². The fraction of sp³-hybridized carbons (Fsp3) is 0.143. The number of hydrogen-bond acceptors (Lipinski definition) is 0. The first kappa shape index (κ1) is 14.0. The molecule has 0 nitrogen and oxygen atoms in total. The molecule has 1 atom stereocenters. The van der Waals surface area contributed by atoms with E-state index in [4.69, 9.17) is 46.4 Å². The van der Waals surface area contributed by atoms with E-state index in [0.717, 1.165) is 22.6 Å². The normalized spacial score (nSPS) is 12.4. The minimum absolute atomic E-state index is 0.138. The van der Waals surface area contributed by atoms with Gasteiger partial charge >= 0.3 is 0 Å². The van der Waals surface area contributed by atoms with Gasteiger partial charge in [-0.1, -0.05) is 53.0 Å². The van der Waals surface area contributed by atoms with Crippen LogP contribution >= 0.6 is 46.4 Å². The molecular formula is C14H10Cl4. The van der Waals surface area contributed by atoms with Gasteiger partial charge in [0.05, 0.1) is 15.4 Å². The monoisotopic (exact) mass is 318 g/mol. The number of alkyl halides is 1. The van der Waals surface area contributed by atoms with Gasteiger partial charge in [-0.15, -0.1) is 11.6 Å². The molecule has 0 aliphatic carbocycles. The second kappa shape index (κ2) is 6.16. The zero-order valence-electron chi connectivity index (χ0n) is 9.34. The summed E-state index contributed by atoms with van der Waals surface area (Å²) < 4.78 is 0. The van der Waals surface area contributed by atoms with Gasteiger partial charge in [0.25, 0.3) is 0 Å². The molecule has 1 unspecified atom stereocenters. The van der Waals surface area contributed by atoms with Gasteiger partial charge in [-0.3, -0.25) is 0 Å². The summed E-state index contributed by atoms with van der Waals surface area (Å²) in [6, 6.07) is 13.1. The molecule has 0 aliphatic rings. The average Bonchev–Trinajstić information content (AvgIpc) is 2.35. The summed E-state index contributed by atoms with van der Waals surface area (Å²) in [4.78, 5) is 0. The van der Waals surface area contributed by atoms with Gasteiger partial charge in [-0.05, 0) is 41.8 Å². The highest BCUT2D eigenvalue weighted by Gasteiger charge is 2.10. The van der Waals surface area contributed by atoms with Crippen molar-refractivity contribution in [3.63, 3.8) is 0 Å². The lowest BCUT2D eigenvalue weighted by Gasteiger charge is -2.11. The first-order valence-electron chi connectivity index (χ1n) is 5.40. The Morgan fingerprint density at radius 1 is 0.833 bits per heavy atom. The second-order valence-corrected chi connectivity index (χ2v) is 5.75. The first-order valence-corrected chi connectivity index (χ1v) is 6.97. The fourth-order valence-electron chi connectivity index (χ4n) is 1.65. The van der Waals surface area contributed by atoms with Crippen LogP contribution in [0.15, 0.2) is 42.5 Å². The Labute approximate surface area is 126 Å². The van der Waals surface area contributed by atoms with Crippen LogP contribution in [-0.2, 0) is 6.42 Å². The molecule has 0 spiro atoms. The van der Waals surface area contributed by atoms with E-state index in [1.807, 2.05) is 30.3 Å². The van der Waals surface area contributed by atoms with E-state index in [0.29, 0.717) is 10.0 Å². The highest BCUT2D eigenvalue weighted by Crippen LogP contribution is 2.30. The van der Waals surface area contributed by atoms with E-state index in [1.165, 1.54) is 0 Å². The predicted octanol–water partition coefficient (Wildman–Crippen LogP) is 6.17. The molecule has 0 aromatic heterocycles. The largest absolute Gasteiger partial charge is 0.117 e. The summed E-state index contributed by atoms with van der Waals surface area (Å²) >= 11 is 24.1. The number of benzene rings is 2. The van der Waals surface area contributed by atoms with E-state index in [9.17, 15) is 0 Å². The SMILES string of the molecule is Clc1ccc(CC(Cl)c2ccc(Cl)c(Cl)c2)cc1. The first-order chi connectivity index (χ1) is 8.56. The van der Waals surface area contributed by atoms with Crippen LogP contribution in [0.3, 0.4) is 0 Å². The Kier molecular flexibility index (Phi) is 4.80. The molecule has 2 aromatic carbocycles. The van der Waals surface area contributed by atoms with Crippen molar-refractivity contribution in [2.45, 2.75) is 11.8 Å². The maximum atomic E-state index is 6.37. The van der Waals surface area contributed by atoms with Gasteiger partial charge in [-0.25, -0.2) is 0 Å². The highest BCUT2D eigenvalue weighted by molar-refractivity contribution is 6.42. The van der Waals surface area contributed by atoms with Crippen LogP contribution in [0.5, 0.6) is 0 Å². The summed E-state index contributed by atoms with van der Waals surface area (Å²) in [5.41, 5.74) is 2.09. The standard InChI is InChI=1S/C14H10Cl4/c15-11-4-1-9(2-5-11)7-13(17)10-3-6-12(16)14(18)8-10/h1-6,8,13H,7H2. The minimum Gasteiger partial charge on any atom is -0.117 e. The van der Waals surface area contributed by atoms with Crippen LogP contribution in [0.2, 0.25) is 15.1 Å². The van der Waals surface area contributed by atoms with Crippen LogP contribution in [0, 0.1) is 0 Å². The molecule has 0 radical (unpaired) electrons. The van der Waals surface area contributed by atoms with Gasteiger partial charge in [-0.2, -0.15) is 0 Å². The quantitative estimate of drug-likeness (QED) is 0.593. The number of halogens is 4. The third-order valence-electron chi connectivity index (χ3n) is 2.63. The molecular weight excluding hydrogens is 310 g/mol. The molecule has 94 valence electrons. The maximum Gasteiger partial charge on any atom is 0.0626 e. The molecule has 0 saturated carbocycles. The third-order valence-corrected chi connectivity index (χ3v) is 4.03. The smallest absolute Gasteiger partial charge is 0.0626 e. The van der Waals surface area contributed by atoms with Crippen molar-refractivity contribution in [3.05, 3.63) is 68.7 Å². The lowest BCUT2D eigenvalue weighted by molar-refractivity contribution is 0.920. The van der Waals surface area contributed by atoms with E-state index >= 15 is 0 Å². The number of rotatable bonds is 3. The summed E-state index contributed by atoms with van der Waals surface area (Å²) in [6.45, 7) is 0. The van der Waals surface area contributed by atoms with Crippen LogP contribution < -0.4 is 0 Å². The fourth-order valence-corrected chi connectivity index (χ4v) is 2.40. The average molecular weight is 320 g/mol. The third kappa shape index (κ3) is 3.55.